The number of thiophene rings is 1. The molecule has 0 aliphatic heterocycles. The molecule has 0 saturated carbocycles. The van der Waals surface area contributed by atoms with E-state index in [0.29, 0.717) is 10.4 Å². The quantitative estimate of drug-likeness (QED) is 0.822. The summed E-state index contributed by atoms with van der Waals surface area (Å²) in [4.78, 5) is 6.14. The Morgan fingerprint density at radius 3 is 2.37 bits per heavy atom. The van der Waals surface area contributed by atoms with E-state index in [0.717, 1.165) is 28.8 Å². The maximum atomic E-state index is 12.6. The van der Waals surface area contributed by atoms with Crippen LogP contribution in [0.3, 0.4) is 0 Å². The molecule has 2 aromatic heterocycles. The Hall–Kier alpha value is -1.56. The van der Waals surface area contributed by atoms with Crippen molar-refractivity contribution >= 4 is 17.2 Å². The van der Waals surface area contributed by atoms with Gasteiger partial charge in [0.2, 0.25) is 0 Å². The van der Waals surface area contributed by atoms with E-state index < -0.39 is 11.1 Å². The number of rotatable bonds is 2. The molecule has 6 heteroatoms. The van der Waals surface area contributed by atoms with Gasteiger partial charge in [0.15, 0.2) is 0 Å². The predicted octanol–water partition coefficient (Wildman–Crippen LogP) is 4.20. The third-order valence-corrected chi connectivity index (χ3v) is 3.82. The van der Waals surface area contributed by atoms with Crippen LogP contribution in [-0.4, -0.2) is 19.1 Å². The molecule has 0 aliphatic rings. The molecule has 0 fully saturated rings. The van der Waals surface area contributed by atoms with E-state index in [9.17, 15) is 13.2 Å². The minimum atomic E-state index is -4.28. The van der Waals surface area contributed by atoms with Crippen molar-refractivity contribution in [2.24, 2.45) is 0 Å². The molecule has 102 valence electrons. The van der Waals surface area contributed by atoms with E-state index in [4.69, 9.17) is 0 Å². The molecule has 0 aromatic carbocycles. The molecule has 19 heavy (non-hydrogen) atoms. The number of anilines is 1. The Labute approximate surface area is 113 Å². The van der Waals surface area contributed by atoms with Crippen LogP contribution in [0.5, 0.6) is 0 Å². The molecular weight excluding hydrogens is 273 g/mol. The van der Waals surface area contributed by atoms with E-state index >= 15 is 0 Å². The number of nitrogens with zero attached hydrogens (tertiary/aromatic N) is 2. The van der Waals surface area contributed by atoms with Crippen LogP contribution in [0.2, 0.25) is 0 Å². The Kier molecular flexibility index (Phi) is 3.54. The number of hydrogen-bond acceptors (Lipinski definition) is 3. The molecule has 2 heterocycles. The first-order chi connectivity index (χ1) is 8.79. The Morgan fingerprint density at radius 2 is 1.89 bits per heavy atom. The lowest BCUT2D eigenvalue weighted by molar-refractivity contribution is -0.134. The second kappa shape index (κ2) is 4.85. The molecule has 2 nitrogen and oxygen atoms in total. The first-order valence-electron chi connectivity index (χ1n) is 5.60. The van der Waals surface area contributed by atoms with Gasteiger partial charge in [-0.1, -0.05) is 0 Å². The fourth-order valence-electron chi connectivity index (χ4n) is 1.82. The van der Waals surface area contributed by atoms with Crippen LogP contribution in [0.1, 0.15) is 10.4 Å². The normalized spacial score (nSPS) is 11.7. The van der Waals surface area contributed by atoms with Crippen molar-refractivity contribution in [2.75, 3.05) is 19.0 Å². The van der Waals surface area contributed by atoms with Gasteiger partial charge in [-0.3, -0.25) is 0 Å². The van der Waals surface area contributed by atoms with Gasteiger partial charge in [-0.15, -0.1) is 11.3 Å². The standard InChI is InChI=1S/C13H13F3N2S/c1-8-6-9(7-17-12(8)18(2)3)10-4-5-11(19-10)13(14,15)16/h4-7H,1-3H3. The summed E-state index contributed by atoms with van der Waals surface area (Å²) in [5.74, 6) is 0.816. The van der Waals surface area contributed by atoms with Crippen molar-refractivity contribution in [1.29, 1.82) is 0 Å². The third-order valence-electron chi connectivity index (χ3n) is 2.64. The van der Waals surface area contributed by atoms with Crippen LogP contribution >= 0.6 is 11.3 Å². The zero-order valence-electron chi connectivity index (χ0n) is 10.7. The Bertz CT molecular complexity index is 588. The highest BCUT2D eigenvalue weighted by Gasteiger charge is 2.32. The van der Waals surface area contributed by atoms with Crippen molar-refractivity contribution in [3.05, 3.63) is 34.8 Å². The summed E-state index contributed by atoms with van der Waals surface area (Å²) < 4.78 is 37.7. The third kappa shape index (κ3) is 2.89. The second-order valence-corrected chi connectivity index (χ2v) is 5.50. The molecule has 2 aromatic rings. The molecule has 0 aliphatic carbocycles. The van der Waals surface area contributed by atoms with Crippen LogP contribution in [0.4, 0.5) is 19.0 Å². The highest BCUT2D eigenvalue weighted by molar-refractivity contribution is 7.15. The summed E-state index contributed by atoms with van der Waals surface area (Å²) in [5, 5.41) is 0. The van der Waals surface area contributed by atoms with Gasteiger partial charge in [-0.05, 0) is 30.7 Å². The van der Waals surface area contributed by atoms with Crippen LogP contribution in [-0.2, 0) is 6.18 Å². The second-order valence-electron chi connectivity index (χ2n) is 4.42. The van der Waals surface area contributed by atoms with Crippen molar-refractivity contribution < 1.29 is 13.2 Å². The van der Waals surface area contributed by atoms with E-state index in [2.05, 4.69) is 4.98 Å². The molecule has 2 rings (SSSR count). The summed E-state index contributed by atoms with van der Waals surface area (Å²) in [6, 6.07) is 4.45. The number of alkyl halides is 3. The average molecular weight is 286 g/mol. The highest BCUT2D eigenvalue weighted by Crippen LogP contribution is 2.38. The van der Waals surface area contributed by atoms with Crippen LogP contribution in [0.25, 0.3) is 10.4 Å². The summed E-state index contributed by atoms with van der Waals surface area (Å²) in [6.07, 6.45) is -2.68. The summed E-state index contributed by atoms with van der Waals surface area (Å²) in [7, 11) is 3.75. The van der Waals surface area contributed by atoms with Gasteiger partial charge in [-0.2, -0.15) is 13.2 Å². The smallest absolute Gasteiger partial charge is 0.363 e. The predicted molar refractivity (Wildman–Crippen MR) is 71.6 cm³/mol. The highest BCUT2D eigenvalue weighted by atomic mass is 32.1. The van der Waals surface area contributed by atoms with E-state index in [1.807, 2.05) is 32.0 Å². The first-order valence-corrected chi connectivity index (χ1v) is 6.42. The number of halogens is 3. The monoisotopic (exact) mass is 286 g/mol. The SMILES string of the molecule is Cc1cc(-c2ccc(C(F)(F)F)s2)cnc1N(C)C. The lowest BCUT2D eigenvalue weighted by atomic mass is 10.1. The van der Waals surface area contributed by atoms with Crippen LogP contribution < -0.4 is 4.90 Å². The minimum absolute atomic E-state index is 0.577. The lowest BCUT2D eigenvalue weighted by Gasteiger charge is -2.14. The van der Waals surface area contributed by atoms with Gasteiger partial charge in [0, 0.05) is 30.7 Å². The zero-order valence-corrected chi connectivity index (χ0v) is 11.6. The Morgan fingerprint density at radius 1 is 1.21 bits per heavy atom. The van der Waals surface area contributed by atoms with Gasteiger partial charge in [0.05, 0.1) is 0 Å². The summed E-state index contributed by atoms with van der Waals surface area (Å²) in [5.41, 5.74) is 1.65. The van der Waals surface area contributed by atoms with E-state index in [1.165, 1.54) is 6.07 Å². The molecule has 0 saturated heterocycles. The fourth-order valence-corrected chi connectivity index (χ4v) is 2.67. The Balaban J connectivity index is 2.38. The van der Waals surface area contributed by atoms with E-state index in [1.54, 1.807) is 6.20 Å². The number of hydrogen-bond donors (Lipinski definition) is 0. The maximum Gasteiger partial charge on any atom is 0.425 e. The van der Waals surface area contributed by atoms with Crippen molar-refractivity contribution in [2.45, 2.75) is 13.1 Å². The lowest BCUT2D eigenvalue weighted by Crippen LogP contribution is -2.12. The number of aromatic nitrogens is 1. The van der Waals surface area contributed by atoms with Gasteiger partial charge >= 0.3 is 6.18 Å². The van der Waals surface area contributed by atoms with Crippen molar-refractivity contribution in [3.63, 3.8) is 0 Å². The first kappa shape index (κ1) is 13.9. The van der Waals surface area contributed by atoms with Gasteiger partial charge in [0.1, 0.15) is 10.7 Å². The number of pyridine rings is 1. The van der Waals surface area contributed by atoms with Crippen molar-refractivity contribution in [1.82, 2.24) is 4.98 Å². The summed E-state index contributed by atoms with van der Waals surface area (Å²) >= 11 is 0.737. The van der Waals surface area contributed by atoms with Gasteiger partial charge in [-0.25, -0.2) is 4.98 Å². The minimum Gasteiger partial charge on any atom is -0.363 e. The fraction of sp³-hybridized carbons (Fsp3) is 0.308. The zero-order chi connectivity index (χ0) is 14.2. The molecule has 0 bridgehead atoms. The molecule has 0 spiro atoms. The summed E-state index contributed by atoms with van der Waals surface area (Å²) in [6.45, 7) is 1.89. The number of aryl methyl sites for hydroxylation is 1. The van der Waals surface area contributed by atoms with E-state index in [-0.39, 0.29) is 0 Å². The largest absolute Gasteiger partial charge is 0.425 e. The topological polar surface area (TPSA) is 16.1 Å². The molecule has 0 amide bonds. The van der Waals surface area contributed by atoms with Crippen LogP contribution in [0.15, 0.2) is 24.4 Å². The van der Waals surface area contributed by atoms with Crippen LogP contribution in [0, 0.1) is 6.92 Å². The molecule has 0 N–H and O–H groups in total. The van der Waals surface area contributed by atoms with Gasteiger partial charge < -0.3 is 4.90 Å². The average Bonchev–Trinajstić information content (AvgIpc) is 2.76. The molecule has 0 radical (unpaired) electrons. The maximum absolute atomic E-state index is 12.6. The molecule has 0 atom stereocenters. The van der Waals surface area contributed by atoms with Gasteiger partial charge in [0.25, 0.3) is 0 Å². The molecule has 0 unspecified atom stereocenters. The molecular formula is C13H13F3N2S. The van der Waals surface area contributed by atoms with Crippen molar-refractivity contribution in [3.8, 4) is 10.4 Å².